The number of benzene rings is 1. The van der Waals surface area contributed by atoms with Crippen LogP contribution in [0.1, 0.15) is 26.2 Å². The topological polar surface area (TPSA) is 81.2 Å². The van der Waals surface area contributed by atoms with E-state index in [1.54, 1.807) is 6.20 Å². The highest BCUT2D eigenvalue weighted by molar-refractivity contribution is 5.95. The first-order valence-electron chi connectivity index (χ1n) is 6.76. The summed E-state index contributed by atoms with van der Waals surface area (Å²) in [4.78, 5) is 15.8. The van der Waals surface area contributed by atoms with Crippen LogP contribution in [0.4, 0.5) is 5.69 Å². The zero-order chi connectivity index (χ0) is 14.4. The zero-order valence-electron chi connectivity index (χ0n) is 11.5. The van der Waals surface area contributed by atoms with Gasteiger partial charge in [0.1, 0.15) is 0 Å². The molecule has 0 aliphatic heterocycles. The fourth-order valence-electron chi connectivity index (χ4n) is 1.90. The molecule has 106 valence electrons. The smallest absolute Gasteiger partial charge is 0.241 e. The molecule has 0 radical (unpaired) electrons. The predicted octanol–water partition coefficient (Wildman–Crippen LogP) is 2.80. The summed E-state index contributed by atoms with van der Waals surface area (Å²) >= 11 is 0. The molecule has 0 saturated carbocycles. The highest BCUT2D eigenvalue weighted by Crippen LogP contribution is 2.22. The molecule has 5 nitrogen and oxygen atoms in total. The SMILES string of the molecule is CCCCC(N)C(=O)Nc1cccc(-c2cnco2)c1. The van der Waals surface area contributed by atoms with Crippen molar-refractivity contribution in [3.05, 3.63) is 36.9 Å². The Morgan fingerprint density at radius 2 is 2.35 bits per heavy atom. The lowest BCUT2D eigenvalue weighted by Gasteiger charge is -2.12. The largest absolute Gasteiger partial charge is 0.444 e. The van der Waals surface area contributed by atoms with Crippen molar-refractivity contribution in [2.75, 3.05) is 5.32 Å². The molecule has 5 heteroatoms. The van der Waals surface area contributed by atoms with Crippen LogP contribution in [0.5, 0.6) is 0 Å². The van der Waals surface area contributed by atoms with Gasteiger partial charge in [0.05, 0.1) is 12.2 Å². The van der Waals surface area contributed by atoms with E-state index in [1.807, 2.05) is 24.3 Å². The van der Waals surface area contributed by atoms with Crippen molar-refractivity contribution < 1.29 is 9.21 Å². The fraction of sp³-hybridized carbons (Fsp3) is 0.333. The normalized spacial score (nSPS) is 12.1. The quantitative estimate of drug-likeness (QED) is 0.848. The first-order valence-corrected chi connectivity index (χ1v) is 6.76. The molecule has 20 heavy (non-hydrogen) atoms. The lowest BCUT2D eigenvalue weighted by atomic mass is 10.1. The van der Waals surface area contributed by atoms with E-state index in [0.29, 0.717) is 17.9 Å². The number of anilines is 1. The van der Waals surface area contributed by atoms with E-state index in [0.717, 1.165) is 18.4 Å². The molecule has 0 spiro atoms. The Morgan fingerprint density at radius 1 is 1.50 bits per heavy atom. The van der Waals surface area contributed by atoms with Crippen LogP contribution in [0.15, 0.2) is 41.3 Å². The van der Waals surface area contributed by atoms with Crippen molar-refractivity contribution in [2.24, 2.45) is 5.73 Å². The number of rotatable bonds is 6. The molecule has 1 atom stereocenters. The summed E-state index contributed by atoms with van der Waals surface area (Å²) in [5.41, 5.74) is 7.41. The van der Waals surface area contributed by atoms with Gasteiger partial charge in [-0.2, -0.15) is 0 Å². The predicted molar refractivity (Wildman–Crippen MR) is 78.1 cm³/mol. The average molecular weight is 273 g/mol. The van der Waals surface area contributed by atoms with Gasteiger partial charge in [0, 0.05) is 11.3 Å². The summed E-state index contributed by atoms with van der Waals surface area (Å²) in [7, 11) is 0. The van der Waals surface area contributed by atoms with Crippen molar-refractivity contribution in [3.63, 3.8) is 0 Å². The number of carbonyl (C=O) groups is 1. The van der Waals surface area contributed by atoms with E-state index in [4.69, 9.17) is 10.2 Å². The van der Waals surface area contributed by atoms with Crippen LogP contribution in [0.25, 0.3) is 11.3 Å². The minimum Gasteiger partial charge on any atom is -0.444 e. The molecule has 1 unspecified atom stereocenters. The maximum Gasteiger partial charge on any atom is 0.241 e. The Bertz CT molecular complexity index is 552. The van der Waals surface area contributed by atoms with E-state index in [2.05, 4.69) is 17.2 Å². The molecule has 2 aromatic rings. The van der Waals surface area contributed by atoms with Gasteiger partial charge >= 0.3 is 0 Å². The van der Waals surface area contributed by atoms with Crippen molar-refractivity contribution in [2.45, 2.75) is 32.2 Å². The second-order valence-corrected chi connectivity index (χ2v) is 4.68. The number of unbranched alkanes of at least 4 members (excludes halogenated alkanes) is 1. The Hall–Kier alpha value is -2.14. The second kappa shape index (κ2) is 6.86. The molecule has 1 heterocycles. The minimum atomic E-state index is -0.469. The minimum absolute atomic E-state index is 0.159. The van der Waals surface area contributed by atoms with Crippen LogP contribution in [-0.4, -0.2) is 16.9 Å². The molecule has 0 saturated heterocycles. The van der Waals surface area contributed by atoms with E-state index in [-0.39, 0.29) is 5.91 Å². The molecule has 0 aliphatic rings. The Balaban J connectivity index is 2.03. The summed E-state index contributed by atoms with van der Waals surface area (Å²) < 4.78 is 5.23. The molecule has 1 aromatic heterocycles. The maximum absolute atomic E-state index is 11.9. The number of nitrogens with one attached hydrogen (secondary N) is 1. The van der Waals surface area contributed by atoms with Gasteiger partial charge in [-0.1, -0.05) is 31.9 Å². The molecular weight excluding hydrogens is 254 g/mol. The third-order valence-corrected chi connectivity index (χ3v) is 3.05. The third kappa shape index (κ3) is 3.68. The number of nitrogens with two attached hydrogens (primary N) is 1. The Kier molecular flexibility index (Phi) is 4.90. The first kappa shape index (κ1) is 14.3. The Morgan fingerprint density at radius 3 is 3.05 bits per heavy atom. The second-order valence-electron chi connectivity index (χ2n) is 4.68. The zero-order valence-corrected chi connectivity index (χ0v) is 11.5. The van der Waals surface area contributed by atoms with Crippen molar-refractivity contribution in [3.8, 4) is 11.3 Å². The number of aromatic nitrogens is 1. The van der Waals surface area contributed by atoms with Gasteiger partial charge in [0.2, 0.25) is 5.91 Å². The summed E-state index contributed by atoms with van der Waals surface area (Å²) in [6, 6.07) is 6.94. The number of amides is 1. The molecule has 0 aliphatic carbocycles. The molecule has 0 bridgehead atoms. The molecular formula is C15H19N3O2. The van der Waals surface area contributed by atoms with Crippen LogP contribution in [-0.2, 0) is 4.79 Å². The van der Waals surface area contributed by atoms with Gasteiger partial charge in [-0.3, -0.25) is 4.79 Å². The van der Waals surface area contributed by atoms with Crippen LogP contribution in [0.2, 0.25) is 0 Å². The number of oxazole rings is 1. The number of hydrogen-bond acceptors (Lipinski definition) is 4. The Labute approximate surface area is 118 Å². The van der Waals surface area contributed by atoms with Crippen LogP contribution in [0, 0.1) is 0 Å². The van der Waals surface area contributed by atoms with Gasteiger partial charge in [-0.25, -0.2) is 4.98 Å². The summed E-state index contributed by atoms with van der Waals surface area (Å²) in [5, 5.41) is 2.83. The van der Waals surface area contributed by atoms with Gasteiger partial charge in [-0.15, -0.1) is 0 Å². The summed E-state index contributed by atoms with van der Waals surface area (Å²) in [6.07, 6.45) is 5.69. The van der Waals surface area contributed by atoms with E-state index in [9.17, 15) is 4.79 Å². The summed E-state index contributed by atoms with van der Waals surface area (Å²) in [5.74, 6) is 0.504. The lowest BCUT2D eigenvalue weighted by molar-refractivity contribution is -0.117. The molecule has 3 N–H and O–H groups in total. The van der Waals surface area contributed by atoms with Crippen LogP contribution in [0.3, 0.4) is 0 Å². The van der Waals surface area contributed by atoms with E-state index in [1.165, 1.54) is 6.39 Å². The van der Waals surface area contributed by atoms with Gasteiger partial charge in [0.15, 0.2) is 12.2 Å². The summed E-state index contributed by atoms with van der Waals surface area (Å²) in [6.45, 7) is 2.07. The average Bonchev–Trinajstić information content (AvgIpc) is 2.99. The highest BCUT2D eigenvalue weighted by atomic mass is 16.3. The molecule has 2 rings (SSSR count). The van der Waals surface area contributed by atoms with E-state index < -0.39 is 6.04 Å². The fourth-order valence-corrected chi connectivity index (χ4v) is 1.90. The molecule has 1 aromatic carbocycles. The first-order chi connectivity index (χ1) is 9.70. The van der Waals surface area contributed by atoms with Gasteiger partial charge < -0.3 is 15.5 Å². The maximum atomic E-state index is 11.9. The number of nitrogens with zero attached hydrogens (tertiary/aromatic N) is 1. The van der Waals surface area contributed by atoms with Crippen molar-refractivity contribution in [1.29, 1.82) is 0 Å². The third-order valence-electron chi connectivity index (χ3n) is 3.05. The standard InChI is InChI=1S/C15H19N3O2/c1-2-3-7-13(16)15(19)18-12-6-4-5-11(8-12)14-9-17-10-20-14/h4-6,8-10,13H,2-3,7,16H2,1H3,(H,18,19). The van der Waals surface area contributed by atoms with E-state index >= 15 is 0 Å². The van der Waals surface area contributed by atoms with Crippen molar-refractivity contribution >= 4 is 11.6 Å². The van der Waals surface area contributed by atoms with Crippen LogP contribution < -0.4 is 11.1 Å². The lowest BCUT2D eigenvalue weighted by Crippen LogP contribution is -2.35. The number of hydrogen-bond donors (Lipinski definition) is 2. The van der Waals surface area contributed by atoms with Crippen LogP contribution >= 0.6 is 0 Å². The van der Waals surface area contributed by atoms with Gasteiger partial charge in [-0.05, 0) is 18.6 Å². The monoisotopic (exact) mass is 273 g/mol. The molecule has 0 fully saturated rings. The van der Waals surface area contributed by atoms with Crippen molar-refractivity contribution in [1.82, 2.24) is 4.98 Å². The number of carbonyl (C=O) groups excluding carboxylic acids is 1. The molecule has 1 amide bonds. The highest BCUT2D eigenvalue weighted by Gasteiger charge is 2.13. The van der Waals surface area contributed by atoms with Gasteiger partial charge in [0.25, 0.3) is 0 Å².